The van der Waals surface area contributed by atoms with Crippen LogP contribution < -0.4 is 19.5 Å². The van der Waals surface area contributed by atoms with Crippen LogP contribution in [0.3, 0.4) is 0 Å². The molecule has 0 saturated heterocycles. The Morgan fingerprint density at radius 2 is 1.79 bits per heavy atom. The molecule has 7 heteroatoms. The largest absolute Gasteiger partial charge is 0.494 e. The number of amides is 1. The van der Waals surface area contributed by atoms with Crippen LogP contribution in [0.4, 0.5) is 5.69 Å². The molecule has 0 fully saturated rings. The monoisotopic (exact) mass is 445 g/mol. The van der Waals surface area contributed by atoms with Crippen LogP contribution in [0.15, 0.2) is 67.0 Å². The fraction of sp³-hybridized carbons (Fsp3) is 0.231. The second-order valence-electron chi connectivity index (χ2n) is 7.42. The highest BCUT2D eigenvalue weighted by Gasteiger charge is 2.16. The summed E-state index contributed by atoms with van der Waals surface area (Å²) in [6.45, 7) is 7.08. The zero-order valence-electron chi connectivity index (χ0n) is 19.0. The van der Waals surface area contributed by atoms with Crippen molar-refractivity contribution in [2.24, 2.45) is 0 Å². The molecule has 1 amide bonds. The van der Waals surface area contributed by atoms with E-state index >= 15 is 0 Å². The standard InChI is InChI=1S/C26H27N3O4/c1-4-31-20-12-13-24(32-5-2)22(15-20)28-26(30)21-10-6-7-11-23(21)33-17-19-16-29-14-8-9-18(3)25(29)27-19/h6-16H,4-5,17H2,1-3H3,(H,28,30). The molecule has 2 aromatic heterocycles. The number of carbonyl (C=O) groups excluding carboxylic acids is 1. The number of hydrogen-bond donors (Lipinski definition) is 1. The predicted octanol–water partition coefficient (Wildman–Crippen LogP) is 5.27. The number of carbonyl (C=O) groups is 1. The molecule has 7 nitrogen and oxygen atoms in total. The number of nitrogens with zero attached hydrogens (tertiary/aromatic N) is 2. The van der Waals surface area contributed by atoms with Crippen molar-refractivity contribution in [1.82, 2.24) is 9.38 Å². The molecule has 2 heterocycles. The van der Waals surface area contributed by atoms with Crippen molar-refractivity contribution in [1.29, 1.82) is 0 Å². The Balaban J connectivity index is 1.53. The first-order chi connectivity index (χ1) is 16.1. The van der Waals surface area contributed by atoms with Crippen molar-refractivity contribution >= 4 is 17.2 Å². The van der Waals surface area contributed by atoms with E-state index in [1.54, 1.807) is 30.3 Å². The zero-order chi connectivity index (χ0) is 23.2. The lowest BCUT2D eigenvalue weighted by atomic mass is 10.1. The van der Waals surface area contributed by atoms with E-state index in [0.717, 1.165) is 16.9 Å². The summed E-state index contributed by atoms with van der Waals surface area (Å²) in [7, 11) is 0. The Bertz CT molecular complexity index is 1270. The first-order valence-electron chi connectivity index (χ1n) is 10.9. The summed E-state index contributed by atoms with van der Waals surface area (Å²) in [6, 6.07) is 16.5. The Labute approximate surface area is 192 Å². The molecule has 4 rings (SSSR count). The smallest absolute Gasteiger partial charge is 0.259 e. The number of aryl methyl sites for hydroxylation is 1. The number of aromatic nitrogens is 2. The Hall–Kier alpha value is -4.00. The van der Waals surface area contributed by atoms with Crippen molar-refractivity contribution in [3.63, 3.8) is 0 Å². The van der Waals surface area contributed by atoms with Gasteiger partial charge in [-0.15, -0.1) is 0 Å². The highest BCUT2D eigenvalue weighted by molar-refractivity contribution is 6.07. The number of hydrogen-bond acceptors (Lipinski definition) is 5. The maximum absolute atomic E-state index is 13.2. The maximum atomic E-state index is 13.2. The minimum Gasteiger partial charge on any atom is -0.494 e. The van der Waals surface area contributed by atoms with Gasteiger partial charge in [0.15, 0.2) is 0 Å². The van der Waals surface area contributed by atoms with Gasteiger partial charge in [0.2, 0.25) is 0 Å². The average Bonchev–Trinajstić information content (AvgIpc) is 3.24. The lowest BCUT2D eigenvalue weighted by Gasteiger charge is -2.15. The van der Waals surface area contributed by atoms with E-state index in [4.69, 9.17) is 14.2 Å². The fourth-order valence-corrected chi connectivity index (χ4v) is 3.54. The summed E-state index contributed by atoms with van der Waals surface area (Å²) < 4.78 is 19.2. The van der Waals surface area contributed by atoms with E-state index in [0.29, 0.717) is 41.7 Å². The molecular formula is C26H27N3O4. The van der Waals surface area contributed by atoms with Crippen LogP contribution in [0.25, 0.3) is 5.65 Å². The van der Waals surface area contributed by atoms with Crippen LogP contribution in [0.1, 0.15) is 35.5 Å². The first-order valence-corrected chi connectivity index (χ1v) is 10.9. The van der Waals surface area contributed by atoms with Gasteiger partial charge >= 0.3 is 0 Å². The molecule has 0 spiro atoms. The van der Waals surface area contributed by atoms with Crippen LogP contribution in [0.2, 0.25) is 0 Å². The molecule has 4 aromatic rings. The van der Waals surface area contributed by atoms with Crippen LogP contribution in [0, 0.1) is 6.92 Å². The average molecular weight is 446 g/mol. The minimum absolute atomic E-state index is 0.245. The summed E-state index contributed by atoms with van der Waals surface area (Å²) in [4.78, 5) is 17.8. The quantitative estimate of drug-likeness (QED) is 0.380. The molecular weight excluding hydrogens is 418 g/mol. The van der Waals surface area contributed by atoms with E-state index < -0.39 is 0 Å². The normalized spacial score (nSPS) is 10.8. The van der Waals surface area contributed by atoms with Crippen molar-refractivity contribution in [2.45, 2.75) is 27.4 Å². The highest BCUT2D eigenvalue weighted by atomic mass is 16.5. The number of imidazole rings is 1. The topological polar surface area (TPSA) is 74.1 Å². The number of fused-ring (bicyclic) bond motifs is 1. The summed E-state index contributed by atoms with van der Waals surface area (Å²) in [6.07, 6.45) is 3.88. The molecule has 0 bridgehead atoms. The van der Waals surface area contributed by atoms with Gasteiger partial charge in [-0.2, -0.15) is 0 Å². The molecule has 0 aliphatic carbocycles. The van der Waals surface area contributed by atoms with Crippen molar-refractivity contribution < 1.29 is 19.0 Å². The van der Waals surface area contributed by atoms with Gasteiger partial charge in [-0.1, -0.05) is 18.2 Å². The van der Waals surface area contributed by atoms with Gasteiger partial charge in [-0.25, -0.2) is 4.98 Å². The third-order valence-corrected chi connectivity index (χ3v) is 5.05. The molecule has 0 saturated carbocycles. The number of anilines is 1. The molecule has 0 atom stereocenters. The number of ether oxygens (including phenoxy) is 3. The van der Waals surface area contributed by atoms with Gasteiger partial charge < -0.3 is 23.9 Å². The molecule has 1 N–H and O–H groups in total. The second-order valence-corrected chi connectivity index (χ2v) is 7.42. The van der Waals surface area contributed by atoms with Gasteiger partial charge in [-0.05, 0) is 56.7 Å². The summed E-state index contributed by atoms with van der Waals surface area (Å²) in [5, 5.41) is 2.93. The van der Waals surface area contributed by atoms with Crippen LogP contribution in [-0.2, 0) is 6.61 Å². The van der Waals surface area contributed by atoms with Gasteiger partial charge in [0, 0.05) is 18.5 Å². The molecule has 0 radical (unpaired) electrons. The van der Waals surface area contributed by atoms with Crippen LogP contribution >= 0.6 is 0 Å². The molecule has 0 aliphatic heterocycles. The third-order valence-electron chi connectivity index (χ3n) is 5.05. The van der Waals surface area contributed by atoms with Crippen LogP contribution in [-0.4, -0.2) is 28.5 Å². The number of nitrogens with one attached hydrogen (secondary N) is 1. The maximum Gasteiger partial charge on any atom is 0.259 e. The minimum atomic E-state index is -0.300. The van der Waals surface area contributed by atoms with E-state index in [1.807, 2.05) is 61.8 Å². The van der Waals surface area contributed by atoms with E-state index in [1.165, 1.54) is 0 Å². The first kappa shape index (κ1) is 22.2. The molecule has 170 valence electrons. The van der Waals surface area contributed by atoms with Crippen molar-refractivity contribution in [3.05, 3.63) is 83.8 Å². The molecule has 0 aliphatic rings. The van der Waals surface area contributed by atoms with Gasteiger partial charge in [-0.3, -0.25) is 4.79 Å². The number of pyridine rings is 1. The predicted molar refractivity (Wildman–Crippen MR) is 127 cm³/mol. The number of benzene rings is 2. The van der Waals surface area contributed by atoms with Gasteiger partial charge in [0.05, 0.1) is 30.2 Å². The lowest BCUT2D eigenvalue weighted by molar-refractivity contribution is 0.102. The summed E-state index contributed by atoms with van der Waals surface area (Å²) in [5.41, 5.74) is 3.71. The Morgan fingerprint density at radius 1 is 0.970 bits per heavy atom. The SMILES string of the molecule is CCOc1ccc(OCC)c(NC(=O)c2ccccc2OCc2cn3cccc(C)c3n2)c1. The van der Waals surface area contributed by atoms with Crippen molar-refractivity contribution in [2.75, 3.05) is 18.5 Å². The van der Waals surface area contributed by atoms with E-state index in [2.05, 4.69) is 10.3 Å². The summed E-state index contributed by atoms with van der Waals surface area (Å²) in [5.74, 6) is 1.41. The number of para-hydroxylation sites is 1. The number of rotatable bonds is 9. The molecule has 0 unspecified atom stereocenters. The Morgan fingerprint density at radius 3 is 2.58 bits per heavy atom. The van der Waals surface area contributed by atoms with Crippen molar-refractivity contribution in [3.8, 4) is 17.2 Å². The van der Waals surface area contributed by atoms with Gasteiger partial charge in [0.25, 0.3) is 5.91 Å². The second kappa shape index (κ2) is 10.1. The fourth-order valence-electron chi connectivity index (χ4n) is 3.54. The molecule has 2 aromatic carbocycles. The van der Waals surface area contributed by atoms with E-state index in [-0.39, 0.29) is 12.5 Å². The zero-order valence-corrected chi connectivity index (χ0v) is 19.0. The third kappa shape index (κ3) is 5.09. The van der Waals surface area contributed by atoms with E-state index in [9.17, 15) is 4.79 Å². The highest BCUT2D eigenvalue weighted by Crippen LogP contribution is 2.31. The lowest BCUT2D eigenvalue weighted by Crippen LogP contribution is -2.15. The van der Waals surface area contributed by atoms with Crippen LogP contribution in [0.5, 0.6) is 17.2 Å². The Kier molecular flexibility index (Phi) is 6.78. The van der Waals surface area contributed by atoms with Gasteiger partial charge in [0.1, 0.15) is 29.5 Å². The summed E-state index contributed by atoms with van der Waals surface area (Å²) >= 11 is 0. The molecule has 33 heavy (non-hydrogen) atoms.